The fourth-order valence-electron chi connectivity index (χ4n) is 8.82. The van der Waals surface area contributed by atoms with Crippen LogP contribution in [0.4, 0.5) is 0 Å². The van der Waals surface area contributed by atoms with Gasteiger partial charge in [-0.25, -0.2) is 0 Å². The molecule has 0 bridgehead atoms. The lowest BCUT2D eigenvalue weighted by Crippen LogP contribution is -1.93. The lowest BCUT2D eigenvalue weighted by molar-refractivity contribution is 1.37. The van der Waals surface area contributed by atoms with E-state index in [-0.39, 0.29) is 0 Å². The predicted molar refractivity (Wildman–Crippen MR) is 249 cm³/mol. The molecule has 10 aromatic rings. The van der Waals surface area contributed by atoms with Crippen molar-refractivity contribution in [3.63, 3.8) is 0 Å². The Morgan fingerprint density at radius 1 is 0.333 bits per heavy atom. The largest absolute Gasteiger partial charge is 0.144 e. The van der Waals surface area contributed by atoms with E-state index in [1.165, 1.54) is 64.7 Å². The first-order valence-electron chi connectivity index (χ1n) is 19.3. The molecule has 1 heterocycles. The van der Waals surface area contributed by atoms with Crippen molar-refractivity contribution in [3.8, 4) is 58.5 Å². The predicted octanol–water partition coefficient (Wildman–Crippen LogP) is 14.7. The number of hydrogen-bond acceptors (Lipinski definition) is 1. The van der Waals surface area contributed by atoms with Gasteiger partial charge in [0.1, 0.15) is 0 Å². The number of thiophene rings is 1. The van der Waals surface area contributed by atoms with Crippen LogP contribution in [0.2, 0.25) is 0 Å². The van der Waals surface area contributed by atoms with Crippen molar-refractivity contribution in [3.05, 3.63) is 142 Å². The van der Waals surface area contributed by atoms with Crippen LogP contribution in [-0.4, -0.2) is 0 Å². The minimum absolute atomic E-state index is 1.06. The van der Waals surface area contributed by atoms with Crippen LogP contribution in [0, 0.1) is 61.2 Å². The fourth-order valence-corrected chi connectivity index (χ4v) is 9.63. The average Bonchev–Trinajstić information content (AvgIpc) is 3.69. The number of hydrogen-bond donors (Lipinski definition) is 0. The normalized spacial score (nSPS) is 11.1. The monoisotopic (exact) mass is 740 g/mol. The van der Waals surface area contributed by atoms with Gasteiger partial charge in [-0.15, -0.1) is 35.0 Å². The van der Waals surface area contributed by atoms with Crippen molar-refractivity contribution >= 4 is 96.8 Å². The molecular formula is C56H36S. The zero-order valence-corrected chi connectivity index (χ0v) is 33.6. The van der Waals surface area contributed by atoms with E-state index in [0.717, 1.165) is 65.3 Å². The van der Waals surface area contributed by atoms with Gasteiger partial charge < -0.3 is 0 Å². The Labute approximate surface area is 337 Å². The van der Waals surface area contributed by atoms with E-state index in [2.05, 4.69) is 170 Å². The second-order valence-electron chi connectivity index (χ2n) is 15.0. The van der Waals surface area contributed by atoms with Crippen LogP contribution in [0.1, 0.15) is 61.1 Å². The first-order chi connectivity index (χ1) is 27.9. The molecule has 9 aromatic carbocycles. The lowest BCUT2D eigenvalue weighted by Gasteiger charge is -2.15. The maximum absolute atomic E-state index is 3.53. The molecule has 0 fully saturated rings. The van der Waals surface area contributed by atoms with Gasteiger partial charge in [0.05, 0.1) is 0 Å². The zero-order chi connectivity index (χ0) is 38.9. The molecule has 0 aliphatic heterocycles. The van der Waals surface area contributed by atoms with Gasteiger partial charge >= 0.3 is 0 Å². The van der Waals surface area contributed by atoms with Gasteiger partial charge in [-0.1, -0.05) is 60.1 Å². The molecule has 57 heavy (non-hydrogen) atoms. The highest BCUT2D eigenvalue weighted by atomic mass is 32.1. The Morgan fingerprint density at radius 3 is 1.05 bits per heavy atom. The van der Waals surface area contributed by atoms with E-state index in [4.69, 9.17) is 0 Å². The summed E-state index contributed by atoms with van der Waals surface area (Å²) in [6.07, 6.45) is 0. The highest BCUT2D eigenvalue weighted by Gasteiger charge is 2.17. The van der Waals surface area contributed by atoms with Gasteiger partial charge in [-0.05, 0) is 211 Å². The average molecular weight is 741 g/mol. The van der Waals surface area contributed by atoms with Crippen LogP contribution in [-0.2, 0) is 0 Å². The summed E-state index contributed by atoms with van der Waals surface area (Å²) in [5, 5.41) is 19.7. The molecular weight excluding hydrogens is 705 g/mol. The standard InChI is InChI=1S/C56H36S/c1-7-11-44-48-25-37-17-15-35(24-43(37)31-54(48)46(13-9-3)52-29-41-22-34(6)33(5)21-40(41)28-51(44)52)36-16-18-38-26-49-47(14-10-4)55-32-56-39(19-20-57-56)27-50(55)45(12-8-2)53(49)30-42(38)23-36/h15-32H,1-6H3. The van der Waals surface area contributed by atoms with Crippen molar-refractivity contribution in [2.75, 3.05) is 0 Å². The fraction of sp³-hybridized carbons (Fsp3) is 0.107. The number of rotatable bonds is 1. The van der Waals surface area contributed by atoms with E-state index in [1.54, 1.807) is 11.3 Å². The van der Waals surface area contributed by atoms with Crippen molar-refractivity contribution in [2.24, 2.45) is 0 Å². The third-order valence-electron chi connectivity index (χ3n) is 11.6. The first kappa shape index (κ1) is 34.5. The number of benzene rings is 9. The van der Waals surface area contributed by atoms with Crippen LogP contribution < -0.4 is 0 Å². The summed E-state index contributed by atoms with van der Waals surface area (Å²) in [7, 11) is 0. The molecule has 0 nitrogen and oxygen atoms in total. The summed E-state index contributed by atoms with van der Waals surface area (Å²) in [6.45, 7) is 12.1. The Hall–Kier alpha value is -7.00. The summed E-state index contributed by atoms with van der Waals surface area (Å²) in [6, 6.07) is 38.9. The van der Waals surface area contributed by atoms with Gasteiger partial charge in [-0.2, -0.15) is 0 Å². The molecule has 0 aliphatic carbocycles. The van der Waals surface area contributed by atoms with E-state index in [1.807, 2.05) is 27.7 Å². The molecule has 10 rings (SSSR count). The maximum atomic E-state index is 3.53. The third-order valence-corrected chi connectivity index (χ3v) is 12.5. The molecule has 0 saturated heterocycles. The van der Waals surface area contributed by atoms with Gasteiger partial charge in [0.25, 0.3) is 0 Å². The zero-order valence-electron chi connectivity index (χ0n) is 32.8. The molecule has 0 saturated carbocycles. The summed E-state index contributed by atoms with van der Waals surface area (Å²) in [4.78, 5) is 0. The molecule has 1 aromatic heterocycles. The van der Waals surface area contributed by atoms with E-state index < -0.39 is 0 Å². The Bertz CT molecular complexity index is 3710. The smallest absolute Gasteiger partial charge is 0.0403 e. The summed E-state index contributed by atoms with van der Waals surface area (Å²) in [5.41, 5.74) is 9.17. The van der Waals surface area contributed by atoms with E-state index >= 15 is 0 Å². The summed E-state index contributed by atoms with van der Waals surface area (Å²) >= 11 is 1.77. The quantitative estimate of drug-likeness (QED) is 0.116. The summed E-state index contributed by atoms with van der Waals surface area (Å²) in [5.74, 6) is 26.9. The van der Waals surface area contributed by atoms with Crippen LogP contribution in [0.15, 0.2) is 109 Å². The van der Waals surface area contributed by atoms with Crippen LogP contribution >= 0.6 is 11.3 Å². The number of fused-ring (bicyclic) bond motifs is 8. The lowest BCUT2D eigenvalue weighted by atomic mass is 9.87. The molecule has 0 spiro atoms. The Balaban J connectivity index is 1.19. The van der Waals surface area contributed by atoms with Crippen molar-refractivity contribution < 1.29 is 0 Å². The molecule has 0 aliphatic rings. The minimum Gasteiger partial charge on any atom is -0.144 e. The molecule has 1 heteroatoms. The van der Waals surface area contributed by atoms with Crippen LogP contribution in [0.25, 0.3) is 96.6 Å². The van der Waals surface area contributed by atoms with Gasteiger partial charge in [0.15, 0.2) is 0 Å². The maximum Gasteiger partial charge on any atom is 0.0403 e. The van der Waals surface area contributed by atoms with Crippen molar-refractivity contribution in [1.29, 1.82) is 0 Å². The SMILES string of the molecule is CC#Cc1c2cc3ccc(-c4ccc5cc6c(C#CC)c7cc8sccc8cc7c(C#CC)c6cc5c4)cc3cc2c(C#CC)c2cc3cc(C)c(C)cc3cc12. The van der Waals surface area contributed by atoms with Gasteiger partial charge in [0.2, 0.25) is 0 Å². The van der Waals surface area contributed by atoms with Crippen LogP contribution in [0.3, 0.4) is 0 Å². The van der Waals surface area contributed by atoms with Gasteiger partial charge in [-0.3, -0.25) is 0 Å². The second-order valence-corrected chi connectivity index (χ2v) is 15.9. The topological polar surface area (TPSA) is 0 Å². The molecule has 0 atom stereocenters. The molecule has 0 radical (unpaired) electrons. The minimum atomic E-state index is 1.06. The Morgan fingerprint density at radius 2 is 0.667 bits per heavy atom. The highest BCUT2D eigenvalue weighted by molar-refractivity contribution is 7.17. The second kappa shape index (κ2) is 13.3. The van der Waals surface area contributed by atoms with Gasteiger partial charge in [0, 0.05) is 32.3 Å². The highest BCUT2D eigenvalue weighted by Crippen LogP contribution is 2.41. The summed E-state index contributed by atoms with van der Waals surface area (Å²) < 4.78 is 1.27. The third kappa shape index (κ3) is 5.44. The molecule has 0 unspecified atom stereocenters. The molecule has 0 amide bonds. The van der Waals surface area contributed by atoms with Crippen LogP contribution in [0.5, 0.6) is 0 Å². The van der Waals surface area contributed by atoms with Crippen molar-refractivity contribution in [2.45, 2.75) is 41.5 Å². The van der Waals surface area contributed by atoms with Crippen molar-refractivity contribution in [1.82, 2.24) is 0 Å². The number of aryl methyl sites for hydroxylation is 2. The van der Waals surface area contributed by atoms with E-state index in [9.17, 15) is 0 Å². The molecule has 266 valence electrons. The Kier molecular flexibility index (Phi) is 8.07. The molecule has 0 N–H and O–H groups in total. The van der Waals surface area contributed by atoms with E-state index in [0.29, 0.717) is 0 Å². The first-order valence-corrected chi connectivity index (χ1v) is 20.2.